The quantitative estimate of drug-likeness (QED) is 0.449. The maximum absolute atomic E-state index is 12.4. The normalized spacial score (nSPS) is 10.7. The minimum atomic E-state index is -0.375. The molecule has 0 spiro atoms. The Bertz CT molecular complexity index is 1120. The third kappa shape index (κ3) is 4.72. The summed E-state index contributed by atoms with van der Waals surface area (Å²) in [6.07, 6.45) is 3.22. The fourth-order valence-electron chi connectivity index (χ4n) is 2.60. The summed E-state index contributed by atoms with van der Waals surface area (Å²) in [5.41, 5.74) is 2.74. The Morgan fingerprint density at radius 1 is 1.17 bits per heavy atom. The standard InChI is InChI=1S/C21H17BrN4O3/c1-14-2-4-15(5-3-14)20-10-19(25-29-20)21(27)24-17-11-23-26(12-17)13-28-18-8-6-16(22)7-9-18/h2-12H,13H2,1H3,(H,24,27). The second kappa shape index (κ2) is 8.32. The summed E-state index contributed by atoms with van der Waals surface area (Å²) in [5.74, 6) is 0.884. The molecule has 0 bridgehead atoms. The van der Waals surface area contributed by atoms with E-state index in [0.717, 1.165) is 21.3 Å². The molecule has 146 valence electrons. The Hall–Kier alpha value is -3.39. The molecule has 0 fully saturated rings. The molecule has 2 aromatic heterocycles. The van der Waals surface area contributed by atoms with E-state index < -0.39 is 0 Å². The van der Waals surface area contributed by atoms with Crippen LogP contribution in [0.1, 0.15) is 16.1 Å². The van der Waals surface area contributed by atoms with E-state index in [2.05, 4.69) is 31.5 Å². The predicted octanol–water partition coefficient (Wildman–Crippen LogP) is 4.90. The second-order valence-electron chi connectivity index (χ2n) is 6.39. The van der Waals surface area contributed by atoms with Gasteiger partial charge in [0.25, 0.3) is 5.91 Å². The summed E-state index contributed by atoms with van der Waals surface area (Å²) in [4.78, 5) is 12.4. The van der Waals surface area contributed by atoms with Gasteiger partial charge in [-0.15, -0.1) is 0 Å². The van der Waals surface area contributed by atoms with Crippen molar-refractivity contribution >= 4 is 27.5 Å². The van der Waals surface area contributed by atoms with Crippen molar-refractivity contribution in [2.24, 2.45) is 0 Å². The molecular formula is C21H17BrN4O3. The van der Waals surface area contributed by atoms with Crippen LogP contribution < -0.4 is 10.1 Å². The number of aromatic nitrogens is 3. The number of hydrogen-bond acceptors (Lipinski definition) is 5. The summed E-state index contributed by atoms with van der Waals surface area (Å²) in [7, 11) is 0. The zero-order chi connectivity index (χ0) is 20.2. The number of amides is 1. The maximum atomic E-state index is 12.4. The molecule has 0 atom stereocenters. The number of carbonyl (C=O) groups excluding carboxylic acids is 1. The van der Waals surface area contributed by atoms with E-state index in [1.54, 1.807) is 23.1 Å². The van der Waals surface area contributed by atoms with E-state index in [1.807, 2.05) is 55.5 Å². The molecule has 0 aliphatic carbocycles. The molecule has 4 rings (SSSR count). The fraction of sp³-hybridized carbons (Fsp3) is 0.0952. The number of aryl methyl sites for hydroxylation is 1. The average Bonchev–Trinajstić information content (AvgIpc) is 3.38. The summed E-state index contributed by atoms with van der Waals surface area (Å²) in [5, 5.41) is 10.8. The highest BCUT2D eigenvalue weighted by Crippen LogP contribution is 2.21. The number of halogens is 1. The Kier molecular flexibility index (Phi) is 5.44. The Balaban J connectivity index is 1.36. The van der Waals surface area contributed by atoms with Gasteiger partial charge in [-0.05, 0) is 31.2 Å². The van der Waals surface area contributed by atoms with Crippen molar-refractivity contribution < 1.29 is 14.1 Å². The molecule has 0 aliphatic heterocycles. The molecule has 7 nitrogen and oxygen atoms in total. The van der Waals surface area contributed by atoms with Gasteiger partial charge in [0.1, 0.15) is 5.75 Å². The van der Waals surface area contributed by atoms with Crippen LogP contribution in [0.2, 0.25) is 0 Å². The van der Waals surface area contributed by atoms with Crippen molar-refractivity contribution in [3.05, 3.63) is 82.7 Å². The van der Waals surface area contributed by atoms with E-state index in [1.165, 1.54) is 0 Å². The summed E-state index contributed by atoms with van der Waals surface area (Å²) < 4.78 is 13.5. The van der Waals surface area contributed by atoms with Crippen molar-refractivity contribution in [3.63, 3.8) is 0 Å². The van der Waals surface area contributed by atoms with E-state index >= 15 is 0 Å². The topological polar surface area (TPSA) is 82.2 Å². The first-order valence-corrected chi connectivity index (χ1v) is 9.62. The minimum absolute atomic E-state index is 0.194. The highest BCUT2D eigenvalue weighted by molar-refractivity contribution is 9.10. The number of anilines is 1. The first-order valence-electron chi connectivity index (χ1n) is 8.83. The van der Waals surface area contributed by atoms with Gasteiger partial charge in [-0.25, -0.2) is 4.68 Å². The van der Waals surface area contributed by atoms with Gasteiger partial charge >= 0.3 is 0 Å². The van der Waals surface area contributed by atoms with E-state index in [9.17, 15) is 4.79 Å². The zero-order valence-electron chi connectivity index (χ0n) is 15.5. The lowest BCUT2D eigenvalue weighted by Crippen LogP contribution is -2.11. The first-order chi connectivity index (χ1) is 14.1. The SMILES string of the molecule is Cc1ccc(-c2cc(C(=O)Nc3cnn(COc4ccc(Br)cc4)c3)no2)cc1. The van der Waals surface area contributed by atoms with Gasteiger partial charge in [0.2, 0.25) is 0 Å². The minimum Gasteiger partial charge on any atom is -0.471 e. The summed E-state index contributed by atoms with van der Waals surface area (Å²) in [6, 6.07) is 16.9. The van der Waals surface area contributed by atoms with Gasteiger partial charge in [0.05, 0.1) is 18.1 Å². The highest BCUT2D eigenvalue weighted by atomic mass is 79.9. The summed E-state index contributed by atoms with van der Waals surface area (Å²) >= 11 is 3.38. The smallest absolute Gasteiger partial charge is 0.277 e. The molecule has 8 heteroatoms. The van der Waals surface area contributed by atoms with Crippen LogP contribution in [0, 0.1) is 6.92 Å². The number of ether oxygens (including phenoxy) is 1. The third-order valence-corrected chi connectivity index (χ3v) is 4.68. The lowest BCUT2D eigenvalue weighted by Gasteiger charge is -2.05. The van der Waals surface area contributed by atoms with Crippen molar-refractivity contribution in [2.45, 2.75) is 13.7 Å². The van der Waals surface area contributed by atoms with Crippen molar-refractivity contribution in [2.75, 3.05) is 5.32 Å². The lowest BCUT2D eigenvalue weighted by atomic mass is 10.1. The largest absolute Gasteiger partial charge is 0.471 e. The highest BCUT2D eigenvalue weighted by Gasteiger charge is 2.14. The molecule has 2 aromatic carbocycles. The Morgan fingerprint density at radius 2 is 1.93 bits per heavy atom. The number of rotatable bonds is 6. The fourth-order valence-corrected chi connectivity index (χ4v) is 2.87. The molecule has 1 amide bonds. The van der Waals surface area contributed by atoms with Gasteiger partial charge in [-0.1, -0.05) is 50.9 Å². The molecule has 4 aromatic rings. The van der Waals surface area contributed by atoms with Crippen molar-refractivity contribution in [3.8, 4) is 17.1 Å². The number of nitrogens with zero attached hydrogens (tertiary/aromatic N) is 3. The zero-order valence-corrected chi connectivity index (χ0v) is 17.1. The van der Waals surface area contributed by atoms with Gasteiger partial charge in [0, 0.05) is 16.1 Å². The maximum Gasteiger partial charge on any atom is 0.277 e. The van der Waals surface area contributed by atoms with Gasteiger partial charge in [0.15, 0.2) is 18.2 Å². The van der Waals surface area contributed by atoms with E-state index in [-0.39, 0.29) is 18.3 Å². The van der Waals surface area contributed by atoms with E-state index in [4.69, 9.17) is 9.26 Å². The lowest BCUT2D eigenvalue weighted by molar-refractivity contribution is 0.101. The van der Waals surface area contributed by atoms with Crippen LogP contribution in [0.15, 0.2) is 76.0 Å². The van der Waals surface area contributed by atoms with Crippen LogP contribution >= 0.6 is 15.9 Å². The van der Waals surface area contributed by atoms with Crippen LogP contribution in [0.5, 0.6) is 5.75 Å². The number of benzene rings is 2. The van der Waals surface area contributed by atoms with Crippen LogP contribution in [-0.2, 0) is 6.73 Å². The molecule has 1 N–H and O–H groups in total. The number of carbonyl (C=O) groups is 1. The first kappa shape index (κ1) is 18.9. The van der Waals surface area contributed by atoms with E-state index in [0.29, 0.717) is 11.4 Å². The molecule has 0 unspecified atom stereocenters. The molecule has 29 heavy (non-hydrogen) atoms. The molecule has 0 radical (unpaired) electrons. The summed E-state index contributed by atoms with van der Waals surface area (Å²) in [6.45, 7) is 2.23. The molecule has 2 heterocycles. The average molecular weight is 453 g/mol. The van der Waals surface area contributed by atoms with Crippen molar-refractivity contribution in [1.29, 1.82) is 0 Å². The molecule has 0 saturated carbocycles. The molecule has 0 aliphatic rings. The molecular weight excluding hydrogens is 436 g/mol. The van der Waals surface area contributed by atoms with Crippen LogP contribution in [0.4, 0.5) is 5.69 Å². The number of nitrogens with one attached hydrogen (secondary N) is 1. The van der Waals surface area contributed by atoms with Gasteiger partial charge in [-0.3, -0.25) is 4.79 Å². The Labute approximate surface area is 175 Å². The van der Waals surface area contributed by atoms with Gasteiger partial charge in [-0.2, -0.15) is 5.10 Å². The third-order valence-electron chi connectivity index (χ3n) is 4.15. The monoisotopic (exact) mass is 452 g/mol. The van der Waals surface area contributed by atoms with Crippen LogP contribution in [0.3, 0.4) is 0 Å². The van der Waals surface area contributed by atoms with Crippen LogP contribution in [0.25, 0.3) is 11.3 Å². The van der Waals surface area contributed by atoms with Crippen LogP contribution in [-0.4, -0.2) is 20.8 Å². The second-order valence-corrected chi connectivity index (χ2v) is 7.31. The Morgan fingerprint density at radius 3 is 2.69 bits per heavy atom. The predicted molar refractivity (Wildman–Crippen MR) is 112 cm³/mol. The van der Waals surface area contributed by atoms with Gasteiger partial charge < -0.3 is 14.6 Å². The van der Waals surface area contributed by atoms with Crippen molar-refractivity contribution in [1.82, 2.24) is 14.9 Å². The molecule has 0 saturated heterocycles. The number of hydrogen-bond donors (Lipinski definition) is 1.